The van der Waals surface area contributed by atoms with Gasteiger partial charge in [0, 0.05) is 19.3 Å². The lowest BCUT2D eigenvalue weighted by Crippen LogP contribution is -2.34. The summed E-state index contributed by atoms with van der Waals surface area (Å²) in [6, 6.07) is 0. The van der Waals surface area contributed by atoms with E-state index in [2.05, 4.69) is 20.9 Å². The molecule has 1 unspecified atom stereocenters. The fraction of sp³-hybridized carbons (Fsp3) is 0.667. The van der Waals surface area contributed by atoms with Gasteiger partial charge in [-0.05, 0) is 13.0 Å². The number of rotatable bonds is 4. The van der Waals surface area contributed by atoms with Crippen LogP contribution in [0.1, 0.15) is 6.42 Å². The lowest BCUT2D eigenvalue weighted by molar-refractivity contribution is -0.124. The Morgan fingerprint density at radius 2 is 2.60 bits per heavy atom. The first-order chi connectivity index (χ1) is 7.36. The van der Waals surface area contributed by atoms with E-state index < -0.39 is 0 Å². The molecule has 1 atom stereocenters. The number of aromatic nitrogens is 3. The minimum atomic E-state index is 0.139. The Hall–Kier alpha value is -1.43. The van der Waals surface area contributed by atoms with Crippen molar-refractivity contribution >= 4 is 5.91 Å². The fourth-order valence-corrected chi connectivity index (χ4v) is 1.67. The fourth-order valence-electron chi connectivity index (χ4n) is 1.67. The molecule has 1 fully saturated rings. The second-order valence-corrected chi connectivity index (χ2v) is 3.65. The molecule has 0 spiro atoms. The Kier molecular flexibility index (Phi) is 3.29. The van der Waals surface area contributed by atoms with Gasteiger partial charge in [-0.2, -0.15) is 0 Å². The third kappa shape index (κ3) is 2.76. The predicted octanol–water partition coefficient (Wildman–Crippen LogP) is -0.996. The summed E-state index contributed by atoms with van der Waals surface area (Å²) in [4.78, 5) is 11.6. The Bertz CT molecular complexity index is 304. The summed E-state index contributed by atoms with van der Waals surface area (Å²) in [5.41, 5.74) is 0. The molecule has 2 heterocycles. The van der Waals surface area contributed by atoms with Crippen LogP contribution in [-0.2, 0) is 11.3 Å². The number of nitrogens with zero attached hydrogens (tertiary/aromatic N) is 3. The molecule has 1 amide bonds. The van der Waals surface area contributed by atoms with Crippen molar-refractivity contribution in [2.24, 2.45) is 5.92 Å². The highest BCUT2D eigenvalue weighted by Crippen LogP contribution is 2.06. The van der Waals surface area contributed by atoms with Crippen LogP contribution in [0.3, 0.4) is 0 Å². The van der Waals surface area contributed by atoms with Crippen LogP contribution in [0.25, 0.3) is 0 Å². The number of carbonyl (C=O) groups is 1. The van der Waals surface area contributed by atoms with Crippen molar-refractivity contribution in [2.45, 2.75) is 13.0 Å². The molecule has 0 bridgehead atoms. The molecule has 82 valence electrons. The minimum Gasteiger partial charge on any atom is -0.354 e. The van der Waals surface area contributed by atoms with Crippen LogP contribution in [0.15, 0.2) is 12.4 Å². The van der Waals surface area contributed by atoms with Gasteiger partial charge in [-0.15, -0.1) is 5.10 Å². The molecule has 1 aliphatic heterocycles. The summed E-state index contributed by atoms with van der Waals surface area (Å²) in [7, 11) is 0. The van der Waals surface area contributed by atoms with Gasteiger partial charge in [-0.1, -0.05) is 5.21 Å². The zero-order chi connectivity index (χ0) is 10.5. The molecule has 1 aromatic rings. The molecule has 15 heavy (non-hydrogen) atoms. The normalized spacial score (nSPS) is 20.4. The van der Waals surface area contributed by atoms with Crippen molar-refractivity contribution in [3.8, 4) is 0 Å². The van der Waals surface area contributed by atoms with Crippen LogP contribution in [0.4, 0.5) is 0 Å². The molecule has 1 saturated heterocycles. The van der Waals surface area contributed by atoms with Crippen LogP contribution in [-0.4, -0.2) is 40.5 Å². The van der Waals surface area contributed by atoms with Gasteiger partial charge in [-0.3, -0.25) is 9.48 Å². The van der Waals surface area contributed by atoms with Crippen molar-refractivity contribution in [2.75, 3.05) is 19.6 Å². The zero-order valence-corrected chi connectivity index (χ0v) is 8.52. The van der Waals surface area contributed by atoms with Crippen molar-refractivity contribution in [1.29, 1.82) is 0 Å². The third-order valence-corrected chi connectivity index (χ3v) is 2.54. The quantitative estimate of drug-likeness (QED) is 0.667. The van der Waals surface area contributed by atoms with Gasteiger partial charge < -0.3 is 10.6 Å². The van der Waals surface area contributed by atoms with Gasteiger partial charge in [-0.25, -0.2) is 0 Å². The maximum atomic E-state index is 11.6. The van der Waals surface area contributed by atoms with E-state index >= 15 is 0 Å². The predicted molar refractivity (Wildman–Crippen MR) is 54.0 cm³/mol. The monoisotopic (exact) mass is 209 g/mol. The SMILES string of the molecule is O=C(NCCn1ccnn1)C1CCNC1. The van der Waals surface area contributed by atoms with Crippen molar-refractivity contribution in [3.63, 3.8) is 0 Å². The standard InChI is InChI=1S/C9H15N5O/c15-9(8-1-2-10-7-8)11-3-5-14-6-4-12-13-14/h4,6,8,10H,1-3,5,7H2,(H,11,15). The highest BCUT2D eigenvalue weighted by Gasteiger charge is 2.21. The van der Waals surface area contributed by atoms with E-state index in [-0.39, 0.29) is 11.8 Å². The molecule has 0 aliphatic carbocycles. The van der Waals surface area contributed by atoms with Gasteiger partial charge >= 0.3 is 0 Å². The lowest BCUT2D eigenvalue weighted by Gasteiger charge is -2.09. The number of hydrogen-bond acceptors (Lipinski definition) is 4. The van der Waals surface area contributed by atoms with Gasteiger partial charge in [0.25, 0.3) is 0 Å². The van der Waals surface area contributed by atoms with E-state index in [9.17, 15) is 4.79 Å². The Labute approximate surface area is 88.0 Å². The van der Waals surface area contributed by atoms with Gasteiger partial charge in [0.05, 0.1) is 18.7 Å². The average molecular weight is 209 g/mol. The summed E-state index contributed by atoms with van der Waals surface area (Å²) in [5, 5.41) is 13.6. The first kappa shape index (κ1) is 10.1. The second-order valence-electron chi connectivity index (χ2n) is 3.65. The maximum Gasteiger partial charge on any atom is 0.224 e. The molecule has 0 radical (unpaired) electrons. The van der Waals surface area contributed by atoms with E-state index in [1.165, 1.54) is 0 Å². The summed E-state index contributed by atoms with van der Waals surface area (Å²) in [6.07, 6.45) is 4.35. The summed E-state index contributed by atoms with van der Waals surface area (Å²) < 4.78 is 1.70. The Morgan fingerprint density at radius 3 is 3.27 bits per heavy atom. The molecule has 0 aromatic carbocycles. The number of nitrogens with one attached hydrogen (secondary N) is 2. The van der Waals surface area contributed by atoms with E-state index in [0.717, 1.165) is 19.5 Å². The number of amides is 1. The first-order valence-corrected chi connectivity index (χ1v) is 5.19. The van der Waals surface area contributed by atoms with Crippen LogP contribution in [0.2, 0.25) is 0 Å². The van der Waals surface area contributed by atoms with E-state index in [0.29, 0.717) is 13.1 Å². The second kappa shape index (κ2) is 4.88. The van der Waals surface area contributed by atoms with E-state index in [4.69, 9.17) is 0 Å². The van der Waals surface area contributed by atoms with Gasteiger partial charge in [0.1, 0.15) is 0 Å². The van der Waals surface area contributed by atoms with Crippen LogP contribution < -0.4 is 10.6 Å². The molecule has 6 heteroatoms. The maximum absolute atomic E-state index is 11.6. The van der Waals surface area contributed by atoms with Crippen LogP contribution in [0.5, 0.6) is 0 Å². The highest BCUT2D eigenvalue weighted by molar-refractivity contribution is 5.79. The van der Waals surface area contributed by atoms with Crippen molar-refractivity contribution in [1.82, 2.24) is 25.6 Å². The third-order valence-electron chi connectivity index (χ3n) is 2.54. The summed E-state index contributed by atoms with van der Waals surface area (Å²) in [5.74, 6) is 0.279. The molecule has 1 aromatic heterocycles. The van der Waals surface area contributed by atoms with Crippen LogP contribution in [0, 0.1) is 5.92 Å². The molecule has 2 rings (SSSR count). The molecular weight excluding hydrogens is 194 g/mol. The van der Waals surface area contributed by atoms with Crippen LogP contribution >= 0.6 is 0 Å². The Morgan fingerprint density at radius 1 is 1.67 bits per heavy atom. The summed E-state index contributed by atoms with van der Waals surface area (Å²) >= 11 is 0. The highest BCUT2D eigenvalue weighted by atomic mass is 16.1. The van der Waals surface area contributed by atoms with E-state index in [1.54, 1.807) is 17.1 Å². The van der Waals surface area contributed by atoms with Crippen molar-refractivity contribution < 1.29 is 4.79 Å². The smallest absolute Gasteiger partial charge is 0.224 e. The topological polar surface area (TPSA) is 71.8 Å². The molecule has 6 nitrogen and oxygen atoms in total. The zero-order valence-electron chi connectivity index (χ0n) is 8.52. The molecule has 0 saturated carbocycles. The number of carbonyl (C=O) groups excluding carboxylic acids is 1. The van der Waals surface area contributed by atoms with Crippen molar-refractivity contribution in [3.05, 3.63) is 12.4 Å². The van der Waals surface area contributed by atoms with Gasteiger partial charge in [0.15, 0.2) is 0 Å². The average Bonchev–Trinajstić information content (AvgIpc) is 2.90. The molecule has 1 aliphatic rings. The Balaban J connectivity index is 1.67. The molecule has 2 N–H and O–H groups in total. The summed E-state index contributed by atoms with van der Waals surface area (Å²) in [6.45, 7) is 3.03. The first-order valence-electron chi connectivity index (χ1n) is 5.19. The number of hydrogen-bond donors (Lipinski definition) is 2. The molecular formula is C9H15N5O. The largest absolute Gasteiger partial charge is 0.354 e. The minimum absolute atomic E-state index is 0.139. The van der Waals surface area contributed by atoms with Gasteiger partial charge in [0.2, 0.25) is 5.91 Å². The lowest BCUT2D eigenvalue weighted by atomic mass is 10.1. The van der Waals surface area contributed by atoms with E-state index in [1.807, 2.05) is 0 Å².